The highest BCUT2D eigenvalue weighted by Crippen LogP contribution is 1.96. The van der Waals surface area contributed by atoms with E-state index in [4.69, 9.17) is 5.73 Å². The Labute approximate surface area is 99.4 Å². The molecule has 0 aliphatic rings. The number of urea groups is 1. The van der Waals surface area contributed by atoms with Crippen LogP contribution in [-0.2, 0) is 18.3 Å². The van der Waals surface area contributed by atoms with Crippen molar-refractivity contribution in [1.29, 1.82) is 0 Å². The molecule has 1 heterocycles. The molecule has 0 spiro atoms. The first-order chi connectivity index (χ1) is 8.00. The van der Waals surface area contributed by atoms with Crippen LogP contribution in [0.5, 0.6) is 0 Å². The average molecular weight is 239 g/mol. The average Bonchev–Trinajstić information content (AvgIpc) is 2.63. The van der Waals surface area contributed by atoms with Gasteiger partial charge in [-0.05, 0) is 13.0 Å². The van der Waals surface area contributed by atoms with E-state index in [1.165, 1.54) is 0 Å². The van der Waals surface area contributed by atoms with Gasteiger partial charge in [-0.25, -0.2) is 4.79 Å². The van der Waals surface area contributed by atoms with Crippen LogP contribution in [0.4, 0.5) is 4.79 Å². The second kappa shape index (κ2) is 6.00. The van der Waals surface area contributed by atoms with E-state index < -0.39 is 18.0 Å². The molecule has 0 bridgehead atoms. The highest BCUT2D eigenvalue weighted by molar-refractivity contribution is 5.96. The number of rotatable bonds is 5. The number of nitrogens with two attached hydrogens (primary N) is 1. The molecule has 7 heteroatoms. The lowest BCUT2D eigenvalue weighted by molar-refractivity contribution is -0.121. The molecule has 0 saturated heterocycles. The molecule has 1 unspecified atom stereocenters. The molecule has 0 aliphatic heterocycles. The van der Waals surface area contributed by atoms with Crippen LogP contribution in [0.15, 0.2) is 12.3 Å². The third kappa shape index (κ3) is 4.23. The van der Waals surface area contributed by atoms with Crippen LogP contribution >= 0.6 is 0 Å². The van der Waals surface area contributed by atoms with Crippen LogP contribution in [0.2, 0.25) is 0 Å². The highest BCUT2D eigenvalue weighted by atomic mass is 16.2. The molecule has 0 fully saturated rings. The maximum absolute atomic E-state index is 11.3. The minimum absolute atomic E-state index is 0.428. The van der Waals surface area contributed by atoms with Crippen LogP contribution < -0.4 is 16.4 Å². The zero-order valence-electron chi connectivity index (χ0n) is 9.93. The molecule has 0 radical (unpaired) electrons. The van der Waals surface area contributed by atoms with Crippen molar-refractivity contribution in [2.24, 2.45) is 12.8 Å². The predicted octanol–water partition coefficient (Wildman–Crippen LogP) is -0.864. The van der Waals surface area contributed by atoms with Crippen molar-refractivity contribution in [3.63, 3.8) is 0 Å². The molecule has 0 aliphatic carbocycles. The molecule has 0 aromatic carbocycles. The molecule has 1 aromatic heterocycles. The lowest BCUT2D eigenvalue weighted by Crippen LogP contribution is -2.46. The van der Waals surface area contributed by atoms with Gasteiger partial charge in [0.05, 0.1) is 6.04 Å². The largest absolute Gasteiger partial charge is 0.351 e. The molecule has 0 saturated carbocycles. The first-order valence-corrected chi connectivity index (χ1v) is 5.31. The third-order valence-electron chi connectivity index (χ3n) is 2.39. The van der Waals surface area contributed by atoms with Gasteiger partial charge in [0.1, 0.15) is 0 Å². The molecule has 7 nitrogen and oxygen atoms in total. The van der Waals surface area contributed by atoms with Crippen molar-refractivity contribution in [3.05, 3.63) is 18.0 Å². The third-order valence-corrected chi connectivity index (χ3v) is 2.39. The van der Waals surface area contributed by atoms with Crippen molar-refractivity contribution in [2.45, 2.75) is 19.4 Å². The van der Waals surface area contributed by atoms with Crippen molar-refractivity contribution in [1.82, 2.24) is 20.4 Å². The van der Waals surface area contributed by atoms with Gasteiger partial charge in [-0.3, -0.25) is 14.8 Å². The molecular formula is C10H17N5O2. The van der Waals surface area contributed by atoms with Crippen molar-refractivity contribution in [3.8, 4) is 0 Å². The topological polar surface area (TPSA) is 102 Å². The minimum atomic E-state index is -0.838. The number of carbonyl (C=O) groups excluding carboxylic acids is 2. The second-order valence-electron chi connectivity index (χ2n) is 3.73. The normalized spacial score (nSPS) is 12.1. The molecule has 94 valence electrons. The van der Waals surface area contributed by atoms with Gasteiger partial charge in [-0.2, -0.15) is 5.10 Å². The van der Waals surface area contributed by atoms with E-state index in [1.807, 2.05) is 18.4 Å². The number of nitrogens with one attached hydrogen (secondary N) is 2. The zero-order chi connectivity index (χ0) is 12.8. The van der Waals surface area contributed by atoms with Gasteiger partial charge < -0.3 is 11.1 Å². The molecular weight excluding hydrogens is 222 g/mol. The summed E-state index contributed by atoms with van der Waals surface area (Å²) in [6.45, 7) is 2.29. The number of imide groups is 1. The molecule has 17 heavy (non-hydrogen) atoms. The molecule has 1 aromatic rings. The number of aromatic nitrogens is 2. The van der Waals surface area contributed by atoms with Gasteiger partial charge in [0.2, 0.25) is 5.91 Å². The lowest BCUT2D eigenvalue weighted by Gasteiger charge is -2.12. The summed E-state index contributed by atoms with van der Waals surface area (Å²) in [6.07, 6.45) is 2.48. The Bertz CT molecular complexity index is 401. The maximum Gasteiger partial charge on any atom is 0.318 e. The highest BCUT2D eigenvalue weighted by Gasteiger charge is 2.13. The van der Waals surface area contributed by atoms with Crippen LogP contribution in [0.25, 0.3) is 0 Å². The predicted molar refractivity (Wildman–Crippen MR) is 62.1 cm³/mol. The van der Waals surface area contributed by atoms with E-state index in [1.54, 1.807) is 17.8 Å². The van der Waals surface area contributed by atoms with Crippen molar-refractivity contribution >= 4 is 11.9 Å². The summed E-state index contributed by atoms with van der Waals surface area (Å²) >= 11 is 0. The first-order valence-electron chi connectivity index (χ1n) is 5.31. The fourth-order valence-corrected chi connectivity index (χ4v) is 1.39. The lowest BCUT2D eigenvalue weighted by atomic mass is 10.2. The summed E-state index contributed by atoms with van der Waals surface area (Å²) in [4.78, 5) is 21.8. The second-order valence-corrected chi connectivity index (χ2v) is 3.73. The maximum atomic E-state index is 11.3. The van der Waals surface area contributed by atoms with Gasteiger partial charge in [0.15, 0.2) is 0 Å². The van der Waals surface area contributed by atoms with Crippen LogP contribution in [-0.4, -0.2) is 34.3 Å². The summed E-state index contributed by atoms with van der Waals surface area (Å²) in [5.41, 5.74) is 5.92. The minimum Gasteiger partial charge on any atom is -0.351 e. The SMILES string of the molecule is CC(NCCc1ccnn1C)C(=O)NC(N)=O. The Kier molecular flexibility index (Phi) is 4.65. The van der Waals surface area contributed by atoms with Crippen LogP contribution in [0, 0.1) is 0 Å². The first kappa shape index (κ1) is 13.2. The summed E-state index contributed by atoms with van der Waals surface area (Å²) < 4.78 is 1.77. The van der Waals surface area contributed by atoms with E-state index in [-0.39, 0.29) is 0 Å². The Balaban J connectivity index is 2.29. The fourth-order valence-electron chi connectivity index (χ4n) is 1.39. The number of hydrogen-bond acceptors (Lipinski definition) is 4. The van der Waals surface area contributed by atoms with E-state index in [0.29, 0.717) is 6.54 Å². The number of nitrogens with zero attached hydrogens (tertiary/aromatic N) is 2. The Morgan fingerprint density at radius 1 is 1.59 bits per heavy atom. The number of carbonyl (C=O) groups is 2. The van der Waals surface area contributed by atoms with Gasteiger partial charge in [0, 0.05) is 31.9 Å². The van der Waals surface area contributed by atoms with E-state index >= 15 is 0 Å². The molecule has 4 N–H and O–H groups in total. The number of amides is 3. The van der Waals surface area contributed by atoms with Gasteiger partial charge >= 0.3 is 6.03 Å². The summed E-state index contributed by atoms with van der Waals surface area (Å²) in [5, 5.41) is 9.05. The van der Waals surface area contributed by atoms with Crippen LogP contribution in [0.3, 0.4) is 0 Å². The van der Waals surface area contributed by atoms with Gasteiger partial charge in [0.25, 0.3) is 0 Å². The van der Waals surface area contributed by atoms with Crippen molar-refractivity contribution in [2.75, 3.05) is 6.54 Å². The summed E-state index contributed by atoms with van der Waals surface area (Å²) in [7, 11) is 1.86. The smallest absolute Gasteiger partial charge is 0.318 e. The quantitative estimate of drug-likeness (QED) is 0.622. The van der Waals surface area contributed by atoms with Gasteiger partial charge in [-0.15, -0.1) is 0 Å². The number of primary amides is 1. The van der Waals surface area contributed by atoms with E-state index in [9.17, 15) is 9.59 Å². The summed E-state index contributed by atoms with van der Waals surface area (Å²) in [6, 6.07) is 0.613. The van der Waals surface area contributed by atoms with Crippen LogP contribution in [0.1, 0.15) is 12.6 Å². The Morgan fingerprint density at radius 3 is 2.82 bits per heavy atom. The monoisotopic (exact) mass is 239 g/mol. The molecule has 3 amide bonds. The van der Waals surface area contributed by atoms with E-state index in [2.05, 4.69) is 10.4 Å². The summed E-state index contributed by atoms with van der Waals surface area (Å²) in [5.74, 6) is -0.428. The van der Waals surface area contributed by atoms with Gasteiger partial charge in [-0.1, -0.05) is 0 Å². The Hall–Kier alpha value is -1.89. The van der Waals surface area contributed by atoms with E-state index in [0.717, 1.165) is 12.1 Å². The zero-order valence-corrected chi connectivity index (χ0v) is 9.93. The fraction of sp³-hybridized carbons (Fsp3) is 0.500. The molecule has 1 rings (SSSR count). The Morgan fingerprint density at radius 2 is 2.29 bits per heavy atom. The van der Waals surface area contributed by atoms with Crippen molar-refractivity contribution < 1.29 is 9.59 Å². The standard InChI is InChI=1S/C10H17N5O2/c1-7(9(16)14-10(11)17)12-5-3-8-4-6-13-15(8)2/h4,6-7,12H,3,5H2,1-2H3,(H3,11,14,16,17). The number of aryl methyl sites for hydroxylation is 1. The number of hydrogen-bond donors (Lipinski definition) is 3. The molecule has 1 atom stereocenters.